The molecule has 0 saturated heterocycles. The summed E-state index contributed by atoms with van der Waals surface area (Å²) in [6.07, 6.45) is 1.55. The Morgan fingerprint density at radius 3 is 2.61 bits per heavy atom. The van der Waals surface area contributed by atoms with Crippen LogP contribution in [0.3, 0.4) is 0 Å². The Kier molecular flexibility index (Phi) is 6.94. The first kappa shape index (κ1) is 21.2. The zero-order chi connectivity index (χ0) is 20.7. The van der Waals surface area contributed by atoms with E-state index in [0.29, 0.717) is 12.8 Å². The van der Waals surface area contributed by atoms with E-state index in [4.69, 9.17) is 14.2 Å². The SMILES string of the molecule is CCCOC(=O)/C=C1\Nc2ccc([N+](=O)[O-])cc2OC1(O)CC(=O)OCCC. The summed E-state index contributed by atoms with van der Waals surface area (Å²) < 4.78 is 15.4. The lowest BCUT2D eigenvalue weighted by Crippen LogP contribution is -2.46. The molecule has 1 aromatic carbocycles. The number of nitro benzene ring substituents is 1. The monoisotopic (exact) mass is 394 g/mol. The van der Waals surface area contributed by atoms with Gasteiger partial charge in [-0.05, 0) is 18.9 Å². The molecule has 0 aromatic heterocycles. The van der Waals surface area contributed by atoms with Crippen molar-refractivity contribution in [2.24, 2.45) is 0 Å². The number of nitro groups is 1. The summed E-state index contributed by atoms with van der Waals surface area (Å²) in [5, 5.41) is 24.7. The highest BCUT2D eigenvalue weighted by Crippen LogP contribution is 2.40. The number of carbonyl (C=O) groups is 2. The molecule has 1 aliphatic heterocycles. The van der Waals surface area contributed by atoms with E-state index in [0.717, 1.165) is 12.1 Å². The van der Waals surface area contributed by atoms with Gasteiger partial charge in [0, 0.05) is 12.1 Å². The van der Waals surface area contributed by atoms with E-state index in [2.05, 4.69) is 5.32 Å². The molecule has 10 heteroatoms. The van der Waals surface area contributed by atoms with Gasteiger partial charge in [0.25, 0.3) is 11.5 Å². The number of hydrogen-bond acceptors (Lipinski definition) is 9. The maximum atomic E-state index is 12.0. The van der Waals surface area contributed by atoms with Crippen LogP contribution >= 0.6 is 0 Å². The maximum absolute atomic E-state index is 12.0. The highest BCUT2D eigenvalue weighted by atomic mass is 16.6. The number of carbonyl (C=O) groups excluding carboxylic acids is 2. The zero-order valence-corrected chi connectivity index (χ0v) is 15.6. The molecule has 152 valence electrons. The lowest BCUT2D eigenvalue weighted by Gasteiger charge is -2.36. The van der Waals surface area contributed by atoms with Gasteiger partial charge in [0.15, 0.2) is 5.75 Å². The quantitative estimate of drug-likeness (QED) is 0.294. The normalized spacial score (nSPS) is 19.2. The van der Waals surface area contributed by atoms with Gasteiger partial charge >= 0.3 is 11.9 Å². The predicted octanol–water partition coefficient (Wildman–Crippen LogP) is 2.27. The number of fused-ring (bicyclic) bond motifs is 1. The minimum absolute atomic E-state index is 0.0425. The summed E-state index contributed by atoms with van der Waals surface area (Å²) >= 11 is 0. The molecule has 1 unspecified atom stereocenters. The van der Waals surface area contributed by atoms with Crippen molar-refractivity contribution in [2.45, 2.75) is 38.9 Å². The third-order valence-electron chi connectivity index (χ3n) is 3.71. The molecule has 0 radical (unpaired) electrons. The first-order valence-corrected chi connectivity index (χ1v) is 8.80. The number of nitrogens with one attached hydrogen (secondary N) is 1. The Morgan fingerprint density at radius 2 is 1.96 bits per heavy atom. The van der Waals surface area contributed by atoms with Crippen LogP contribution in [-0.2, 0) is 19.1 Å². The van der Waals surface area contributed by atoms with Crippen LogP contribution < -0.4 is 10.1 Å². The highest BCUT2D eigenvalue weighted by Gasteiger charge is 2.43. The number of ether oxygens (including phenoxy) is 3. The fraction of sp³-hybridized carbons (Fsp3) is 0.444. The van der Waals surface area contributed by atoms with Crippen LogP contribution in [0.25, 0.3) is 0 Å². The summed E-state index contributed by atoms with van der Waals surface area (Å²) in [4.78, 5) is 34.3. The van der Waals surface area contributed by atoms with Crippen molar-refractivity contribution in [3.8, 4) is 5.75 Å². The van der Waals surface area contributed by atoms with Crippen molar-refractivity contribution in [1.82, 2.24) is 0 Å². The number of aliphatic hydroxyl groups is 1. The standard InChI is InChI=1S/C18H22N2O8/c1-3-7-26-16(21)10-15-18(23,11-17(22)27-8-4-2)28-14-9-12(20(24)25)5-6-13(14)19-15/h5-6,9-10,19,23H,3-4,7-8,11H2,1-2H3/b15-10-. The molecular weight excluding hydrogens is 372 g/mol. The number of esters is 2. The van der Waals surface area contributed by atoms with Gasteiger partial charge in [-0.25, -0.2) is 4.79 Å². The number of hydrogen-bond donors (Lipinski definition) is 2. The fourth-order valence-electron chi connectivity index (χ4n) is 2.40. The molecule has 0 amide bonds. The molecule has 28 heavy (non-hydrogen) atoms. The fourth-order valence-corrected chi connectivity index (χ4v) is 2.40. The van der Waals surface area contributed by atoms with Gasteiger partial charge in [-0.1, -0.05) is 13.8 Å². The number of benzene rings is 1. The Balaban J connectivity index is 2.36. The summed E-state index contributed by atoms with van der Waals surface area (Å²) in [5.74, 6) is -3.82. The third-order valence-corrected chi connectivity index (χ3v) is 3.71. The van der Waals surface area contributed by atoms with E-state index < -0.39 is 29.1 Å². The Labute approximate surface area is 161 Å². The average molecular weight is 394 g/mol. The van der Waals surface area contributed by atoms with Crippen molar-refractivity contribution < 1.29 is 33.8 Å². The summed E-state index contributed by atoms with van der Waals surface area (Å²) in [7, 11) is 0. The molecule has 0 spiro atoms. The van der Waals surface area contributed by atoms with Gasteiger partial charge in [0.05, 0.1) is 35.6 Å². The second kappa shape index (κ2) is 9.18. The van der Waals surface area contributed by atoms with Crippen LogP contribution in [0.4, 0.5) is 11.4 Å². The van der Waals surface area contributed by atoms with E-state index in [-0.39, 0.29) is 36.0 Å². The number of anilines is 1. The van der Waals surface area contributed by atoms with E-state index in [1.54, 1.807) is 0 Å². The van der Waals surface area contributed by atoms with Crippen LogP contribution in [0.2, 0.25) is 0 Å². The van der Waals surface area contributed by atoms with E-state index in [1.807, 2.05) is 13.8 Å². The molecular formula is C18H22N2O8. The van der Waals surface area contributed by atoms with Crippen LogP contribution in [0.5, 0.6) is 5.75 Å². The van der Waals surface area contributed by atoms with Gasteiger partial charge in [-0.3, -0.25) is 14.9 Å². The predicted molar refractivity (Wildman–Crippen MR) is 97.5 cm³/mol. The molecule has 1 heterocycles. The van der Waals surface area contributed by atoms with Gasteiger partial charge in [-0.2, -0.15) is 0 Å². The van der Waals surface area contributed by atoms with Crippen molar-refractivity contribution in [1.29, 1.82) is 0 Å². The number of non-ortho nitro benzene ring substituents is 1. The van der Waals surface area contributed by atoms with Gasteiger partial charge in [0.2, 0.25) is 0 Å². The van der Waals surface area contributed by atoms with E-state index >= 15 is 0 Å². The Bertz CT molecular complexity index is 792. The van der Waals surface area contributed by atoms with Gasteiger partial charge < -0.3 is 24.6 Å². The van der Waals surface area contributed by atoms with Crippen LogP contribution in [0.1, 0.15) is 33.1 Å². The molecule has 1 aliphatic rings. The van der Waals surface area contributed by atoms with Crippen LogP contribution in [0.15, 0.2) is 30.0 Å². The Hall–Kier alpha value is -3.14. The second-order valence-electron chi connectivity index (χ2n) is 6.07. The first-order valence-electron chi connectivity index (χ1n) is 8.80. The summed E-state index contributed by atoms with van der Waals surface area (Å²) in [6.45, 7) is 3.97. The molecule has 0 bridgehead atoms. The smallest absolute Gasteiger partial charge is 0.332 e. The van der Waals surface area contributed by atoms with E-state index in [1.165, 1.54) is 12.1 Å². The van der Waals surface area contributed by atoms with Crippen molar-refractivity contribution in [3.05, 3.63) is 40.1 Å². The second-order valence-corrected chi connectivity index (χ2v) is 6.07. The molecule has 0 fully saturated rings. The van der Waals surface area contributed by atoms with Crippen molar-refractivity contribution in [3.63, 3.8) is 0 Å². The topological polar surface area (TPSA) is 137 Å². The van der Waals surface area contributed by atoms with E-state index in [9.17, 15) is 24.8 Å². The lowest BCUT2D eigenvalue weighted by atomic mass is 10.0. The van der Waals surface area contributed by atoms with Crippen LogP contribution in [-0.4, -0.2) is 41.0 Å². The minimum atomic E-state index is -2.28. The lowest BCUT2D eigenvalue weighted by molar-refractivity contribution is -0.385. The molecule has 2 N–H and O–H groups in total. The maximum Gasteiger partial charge on any atom is 0.332 e. The molecule has 0 aliphatic carbocycles. The van der Waals surface area contributed by atoms with Crippen LogP contribution in [0, 0.1) is 10.1 Å². The zero-order valence-electron chi connectivity index (χ0n) is 15.6. The summed E-state index contributed by atoms with van der Waals surface area (Å²) in [6, 6.07) is 3.71. The van der Waals surface area contributed by atoms with Crippen molar-refractivity contribution >= 4 is 23.3 Å². The van der Waals surface area contributed by atoms with Crippen molar-refractivity contribution in [2.75, 3.05) is 18.5 Å². The largest absolute Gasteiger partial charge is 0.465 e. The molecule has 0 saturated carbocycles. The average Bonchev–Trinajstić information content (AvgIpc) is 2.64. The van der Waals surface area contributed by atoms with Gasteiger partial charge in [0.1, 0.15) is 6.42 Å². The molecule has 1 aromatic rings. The molecule has 10 nitrogen and oxygen atoms in total. The summed E-state index contributed by atoms with van der Waals surface area (Å²) in [5.41, 5.74) is -0.110. The minimum Gasteiger partial charge on any atom is -0.465 e. The molecule has 1 atom stereocenters. The number of rotatable bonds is 8. The first-order chi connectivity index (χ1) is 13.3. The highest BCUT2D eigenvalue weighted by molar-refractivity contribution is 5.85. The number of nitrogens with zero attached hydrogens (tertiary/aromatic N) is 1. The molecule has 2 rings (SSSR count). The van der Waals surface area contributed by atoms with Gasteiger partial charge in [-0.15, -0.1) is 0 Å². The Morgan fingerprint density at radius 1 is 1.29 bits per heavy atom. The third kappa shape index (κ3) is 5.19.